The first kappa shape index (κ1) is 16.4. The molecule has 25 heavy (non-hydrogen) atoms. The van der Waals surface area contributed by atoms with Crippen LogP contribution in [0.3, 0.4) is 0 Å². The van der Waals surface area contributed by atoms with E-state index in [1.165, 1.54) is 6.33 Å². The van der Waals surface area contributed by atoms with Crippen molar-refractivity contribution in [3.8, 4) is 17.0 Å². The van der Waals surface area contributed by atoms with Gasteiger partial charge < -0.3 is 16.2 Å². The normalized spacial score (nSPS) is 10.4. The number of anilines is 1. The van der Waals surface area contributed by atoms with Gasteiger partial charge in [-0.05, 0) is 36.2 Å². The summed E-state index contributed by atoms with van der Waals surface area (Å²) >= 11 is 0. The van der Waals surface area contributed by atoms with Gasteiger partial charge in [-0.3, -0.25) is 4.79 Å². The van der Waals surface area contributed by atoms with Gasteiger partial charge in [-0.15, -0.1) is 0 Å². The third-order valence-corrected chi connectivity index (χ3v) is 3.79. The van der Waals surface area contributed by atoms with Crippen LogP contribution < -0.4 is 11.1 Å². The first-order valence-electron chi connectivity index (χ1n) is 7.86. The zero-order valence-electron chi connectivity index (χ0n) is 13.5. The van der Waals surface area contributed by atoms with E-state index in [2.05, 4.69) is 15.3 Å². The van der Waals surface area contributed by atoms with Crippen molar-refractivity contribution in [3.63, 3.8) is 0 Å². The van der Waals surface area contributed by atoms with Gasteiger partial charge in [0.1, 0.15) is 17.9 Å². The van der Waals surface area contributed by atoms with E-state index in [1.54, 1.807) is 24.3 Å². The summed E-state index contributed by atoms with van der Waals surface area (Å²) in [5.74, 6) is 0.535. The largest absolute Gasteiger partial charge is 0.508 e. The summed E-state index contributed by atoms with van der Waals surface area (Å²) in [4.78, 5) is 19.6. The van der Waals surface area contributed by atoms with Crippen molar-refractivity contribution in [1.29, 1.82) is 0 Å². The third-order valence-electron chi connectivity index (χ3n) is 3.79. The van der Waals surface area contributed by atoms with Crippen LogP contribution >= 0.6 is 0 Å². The van der Waals surface area contributed by atoms with Gasteiger partial charge in [0.05, 0.1) is 5.69 Å². The van der Waals surface area contributed by atoms with Crippen molar-refractivity contribution >= 4 is 11.7 Å². The average Bonchev–Trinajstić information content (AvgIpc) is 2.64. The Morgan fingerprint density at radius 3 is 2.44 bits per heavy atom. The third kappa shape index (κ3) is 4.32. The number of phenolic OH excluding ortho intramolecular Hbond substituents is 1. The number of aromatic hydroxyl groups is 1. The lowest BCUT2D eigenvalue weighted by atomic mass is 10.1. The smallest absolute Gasteiger partial charge is 0.248 e. The summed E-state index contributed by atoms with van der Waals surface area (Å²) in [6.45, 7) is 0.710. The molecule has 0 atom stereocenters. The van der Waals surface area contributed by atoms with Gasteiger partial charge in [0, 0.05) is 23.7 Å². The van der Waals surface area contributed by atoms with Crippen LogP contribution in [0, 0.1) is 0 Å². The maximum Gasteiger partial charge on any atom is 0.248 e. The monoisotopic (exact) mass is 334 g/mol. The Morgan fingerprint density at radius 2 is 1.76 bits per heavy atom. The maximum absolute atomic E-state index is 11.1. The Morgan fingerprint density at radius 1 is 1.04 bits per heavy atom. The molecule has 6 nitrogen and oxygen atoms in total. The SMILES string of the molecule is NC(=O)c1ccc(-c2cc(NCCc3ccc(O)cc3)ncn2)cc1. The average molecular weight is 334 g/mol. The number of nitrogens with two attached hydrogens (primary N) is 1. The van der Waals surface area contributed by atoms with Crippen molar-refractivity contribution in [2.24, 2.45) is 5.73 Å². The molecule has 3 aromatic rings. The van der Waals surface area contributed by atoms with Crippen molar-refractivity contribution in [1.82, 2.24) is 9.97 Å². The highest BCUT2D eigenvalue weighted by molar-refractivity contribution is 5.93. The lowest BCUT2D eigenvalue weighted by molar-refractivity contribution is 0.100. The van der Waals surface area contributed by atoms with Gasteiger partial charge in [-0.25, -0.2) is 9.97 Å². The molecule has 0 spiro atoms. The predicted molar refractivity (Wildman–Crippen MR) is 96.3 cm³/mol. The predicted octanol–water partition coefficient (Wildman–Crippen LogP) is 2.60. The van der Waals surface area contributed by atoms with E-state index in [0.717, 1.165) is 29.1 Å². The fraction of sp³-hybridized carbons (Fsp3) is 0.105. The van der Waals surface area contributed by atoms with Crippen LogP contribution in [0.2, 0.25) is 0 Å². The number of primary amides is 1. The van der Waals surface area contributed by atoms with Crippen LogP contribution in [0.4, 0.5) is 5.82 Å². The summed E-state index contributed by atoms with van der Waals surface area (Å²) in [7, 11) is 0. The van der Waals surface area contributed by atoms with E-state index in [-0.39, 0.29) is 5.75 Å². The Hall–Kier alpha value is -3.41. The maximum atomic E-state index is 11.1. The van der Waals surface area contributed by atoms with E-state index in [1.807, 2.05) is 30.3 Å². The molecule has 0 unspecified atom stereocenters. The molecule has 1 aromatic heterocycles. The van der Waals surface area contributed by atoms with Crippen LogP contribution in [-0.4, -0.2) is 27.5 Å². The number of carbonyl (C=O) groups excluding carboxylic acids is 1. The molecule has 1 amide bonds. The standard InChI is InChI=1S/C19H18N4O2/c20-19(25)15-5-3-14(4-6-15)17-11-18(23-12-22-17)21-10-9-13-1-7-16(24)8-2-13/h1-8,11-12,24H,9-10H2,(H2,20,25)(H,21,22,23). The van der Waals surface area contributed by atoms with E-state index in [4.69, 9.17) is 5.73 Å². The quantitative estimate of drug-likeness (QED) is 0.643. The number of carbonyl (C=O) groups is 1. The molecule has 0 saturated heterocycles. The molecular weight excluding hydrogens is 316 g/mol. The number of hydrogen-bond donors (Lipinski definition) is 3. The minimum Gasteiger partial charge on any atom is -0.508 e. The summed E-state index contributed by atoms with van der Waals surface area (Å²) < 4.78 is 0. The van der Waals surface area contributed by atoms with Crippen molar-refractivity contribution in [3.05, 3.63) is 72.1 Å². The first-order chi connectivity index (χ1) is 12.1. The van der Waals surface area contributed by atoms with Gasteiger partial charge in [-0.1, -0.05) is 24.3 Å². The van der Waals surface area contributed by atoms with Crippen molar-refractivity contribution in [2.45, 2.75) is 6.42 Å². The van der Waals surface area contributed by atoms with Gasteiger partial charge in [0.2, 0.25) is 5.91 Å². The van der Waals surface area contributed by atoms with E-state index in [0.29, 0.717) is 12.1 Å². The molecule has 1 heterocycles. The summed E-state index contributed by atoms with van der Waals surface area (Å²) in [5.41, 5.74) is 8.48. The van der Waals surface area contributed by atoms with E-state index >= 15 is 0 Å². The first-order valence-corrected chi connectivity index (χ1v) is 7.86. The Balaban J connectivity index is 1.64. The number of nitrogens with one attached hydrogen (secondary N) is 1. The lowest BCUT2D eigenvalue weighted by Crippen LogP contribution is -2.10. The molecule has 0 aliphatic carbocycles. The van der Waals surface area contributed by atoms with Crippen molar-refractivity contribution < 1.29 is 9.90 Å². The zero-order valence-corrected chi connectivity index (χ0v) is 13.5. The number of benzene rings is 2. The van der Waals surface area contributed by atoms with Crippen molar-refractivity contribution in [2.75, 3.05) is 11.9 Å². The minimum atomic E-state index is -0.453. The van der Waals surface area contributed by atoms with Crippen LogP contribution in [0.15, 0.2) is 60.9 Å². The Bertz CT molecular complexity index is 861. The van der Waals surface area contributed by atoms with Crippen LogP contribution in [0.1, 0.15) is 15.9 Å². The van der Waals surface area contributed by atoms with Gasteiger partial charge >= 0.3 is 0 Å². The molecule has 3 rings (SSSR count). The number of amides is 1. The topological polar surface area (TPSA) is 101 Å². The highest BCUT2D eigenvalue weighted by atomic mass is 16.3. The molecule has 2 aromatic carbocycles. The second-order valence-electron chi connectivity index (χ2n) is 5.57. The van der Waals surface area contributed by atoms with E-state index < -0.39 is 5.91 Å². The highest BCUT2D eigenvalue weighted by Gasteiger charge is 2.04. The van der Waals surface area contributed by atoms with Gasteiger partial charge in [0.25, 0.3) is 0 Å². The molecule has 6 heteroatoms. The molecular formula is C19H18N4O2. The molecule has 0 aliphatic rings. The molecule has 0 fully saturated rings. The number of nitrogens with zero attached hydrogens (tertiary/aromatic N) is 2. The number of phenols is 1. The lowest BCUT2D eigenvalue weighted by Gasteiger charge is -2.08. The van der Waals surface area contributed by atoms with Crippen LogP contribution in [0.25, 0.3) is 11.3 Å². The number of rotatable bonds is 6. The zero-order chi connectivity index (χ0) is 17.6. The Labute approximate surface area is 145 Å². The fourth-order valence-corrected chi connectivity index (χ4v) is 2.41. The van der Waals surface area contributed by atoms with Crippen LogP contribution in [-0.2, 0) is 6.42 Å². The van der Waals surface area contributed by atoms with Gasteiger partial charge in [-0.2, -0.15) is 0 Å². The summed E-state index contributed by atoms with van der Waals surface area (Å²) in [6, 6.07) is 16.0. The summed E-state index contributed by atoms with van der Waals surface area (Å²) in [6.07, 6.45) is 2.31. The molecule has 0 radical (unpaired) electrons. The minimum absolute atomic E-state index is 0.263. The molecule has 0 saturated carbocycles. The Kier molecular flexibility index (Phi) is 4.89. The van der Waals surface area contributed by atoms with Crippen LogP contribution in [0.5, 0.6) is 5.75 Å². The second-order valence-corrected chi connectivity index (χ2v) is 5.57. The fourth-order valence-electron chi connectivity index (χ4n) is 2.41. The number of aromatic nitrogens is 2. The molecule has 0 bridgehead atoms. The second kappa shape index (κ2) is 7.44. The molecule has 4 N–H and O–H groups in total. The van der Waals surface area contributed by atoms with E-state index in [9.17, 15) is 9.90 Å². The number of hydrogen-bond acceptors (Lipinski definition) is 5. The van der Waals surface area contributed by atoms with Gasteiger partial charge in [0.15, 0.2) is 0 Å². The highest BCUT2D eigenvalue weighted by Crippen LogP contribution is 2.19. The summed E-state index contributed by atoms with van der Waals surface area (Å²) in [5, 5.41) is 12.5. The molecule has 126 valence electrons. The molecule has 0 aliphatic heterocycles.